The molecule has 6 aromatic rings. The number of tetrazole rings is 1. The molecule has 0 aliphatic rings. The molecule has 0 aliphatic heterocycles. The van der Waals surface area contributed by atoms with Crippen molar-refractivity contribution in [2.75, 3.05) is 13.1 Å². The lowest BCUT2D eigenvalue weighted by Crippen LogP contribution is -2.27. The molecule has 8 heteroatoms. The van der Waals surface area contributed by atoms with Crippen LogP contribution in [-0.2, 0) is 19.3 Å². The average molecular weight is 572 g/mol. The maximum atomic E-state index is 12.3. The van der Waals surface area contributed by atoms with E-state index in [4.69, 9.17) is 0 Å². The molecule has 0 saturated carbocycles. The molecule has 3 aromatic heterocycles. The number of aromatic amines is 2. The molecule has 1 unspecified atom stereocenters. The van der Waals surface area contributed by atoms with E-state index < -0.39 is 0 Å². The molecular formula is C35H37N7O. The van der Waals surface area contributed by atoms with Crippen molar-refractivity contribution in [2.24, 2.45) is 5.92 Å². The van der Waals surface area contributed by atoms with E-state index >= 15 is 0 Å². The van der Waals surface area contributed by atoms with E-state index in [-0.39, 0.29) is 5.69 Å². The van der Waals surface area contributed by atoms with Gasteiger partial charge in [-0.05, 0) is 128 Å². The van der Waals surface area contributed by atoms with Gasteiger partial charge in [-0.15, -0.1) is 0 Å². The van der Waals surface area contributed by atoms with Crippen molar-refractivity contribution in [1.29, 1.82) is 0 Å². The van der Waals surface area contributed by atoms with Crippen molar-refractivity contribution >= 4 is 10.9 Å². The quantitative estimate of drug-likeness (QED) is 0.163. The van der Waals surface area contributed by atoms with Gasteiger partial charge in [0.2, 0.25) is 0 Å². The van der Waals surface area contributed by atoms with Gasteiger partial charge in [-0.25, -0.2) is 9.89 Å². The van der Waals surface area contributed by atoms with Gasteiger partial charge in [0.25, 0.3) is 0 Å². The Morgan fingerprint density at radius 2 is 1.72 bits per heavy atom. The Hall–Kier alpha value is -4.82. The Morgan fingerprint density at radius 3 is 2.47 bits per heavy atom. The molecule has 0 bridgehead atoms. The van der Waals surface area contributed by atoms with E-state index in [1.807, 2.05) is 36.7 Å². The maximum absolute atomic E-state index is 12.3. The molecule has 0 spiro atoms. The van der Waals surface area contributed by atoms with Gasteiger partial charge >= 0.3 is 5.69 Å². The molecule has 8 nitrogen and oxygen atoms in total. The largest absolute Gasteiger partial charge is 0.365 e. The predicted octanol–water partition coefficient (Wildman–Crippen LogP) is 5.74. The molecule has 218 valence electrons. The van der Waals surface area contributed by atoms with E-state index in [1.165, 1.54) is 38.1 Å². The van der Waals surface area contributed by atoms with Gasteiger partial charge in [0.1, 0.15) is 0 Å². The number of aryl methyl sites for hydroxylation is 3. The highest BCUT2D eigenvalue weighted by atomic mass is 16.2. The van der Waals surface area contributed by atoms with E-state index in [1.54, 1.807) is 0 Å². The molecule has 0 radical (unpaired) electrons. The third-order valence-corrected chi connectivity index (χ3v) is 8.03. The van der Waals surface area contributed by atoms with E-state index in [9.17, 15) is 4.79 Å². The number of benzene rings is 3. The number of H-pyrrole nitrogens is 2. The van der Waals surface area contributed by atoms with Crippen molar-refractivity contribution in [2.45, 2.75) is 39.5 Å². The lowest BCUT2D eigenvalue weighted by Gasteiger charge is -2.18. The third kappa shape index (κ3) is 6.81. The second-order valence-corrected chi connectivity index (χ2v) is 11.4. The zero-order valence-corrected chi connectivity index (χ0v) is 24.7. The van der Waals surface area contributed by atoms with Crippen LogP contribution in [0.2, 0.25) is 0 Å². The summed E-state index contributed by atoms with van der Waals surface area (Å²) in [5.74, 6) is 0.495. The fourth-order valence-corrected chi connectivity index (χ4v) is 6.02. The SMILES string of the molecule is Cc1cc(C)cc(-c2[nH]c3ccc(-n4nn[nH]c4=O)cc3c2CCNCC(CCc2cccnc2)Cc2ccccc2)c1. The number of hydrogen-bond donors (Lipinski definition) is 3. The van der Waals surface area contributed by atoms with E-state index in [2.05, 4.69) is 99.3 Å². The predicted molar refractivity (Wildman–Crippen MR) is 172 cm³/mol. The van der Waals surface area contributed by atoms with Gasteiger partial charge in [-0.2, -0.15) is 4.68 Å². The Bertz CT molecular complexity index is 1830. The van der Waals surface area contributed by atoms with Crippen molar-refractivity contribution in [3.63, 3.8) is 0 Å². The number of pyridine rings is 1. The molecule has 1 atom stereocenters. The highest BCUT2D eigenvalue weighted by Gasteiger charge is 2.17. The average Bonchev–Trinajstić information content (AvgIpc) is 3.61. The van der Waals surface area contributed by atoms with Gasteiger partial charge in [-0.3, -0.25) is 4.98 Å². The van der Waals surface area contributed by atoms with Crippen LogP contribution >= 0.6 is 0 Å². The molecule has 3 N–H and O–H groups in total. The molecule has 0 amide bonds. The van der Waals surface area contributed by atoms with Gasteiger partial charge in [0, 0.05) is 29.0 Å². The molecule has 0 saturated heterocycles. The second kappa shape index (κ2) is 13.0. The lowest BCUT2D eigenvalue weighted by atomic mass is 9.93. The molecule has 43 heavy (non-hydrogen) atoms. The summed E-state index contributed by atoms with van der Waals surface area (Å²) >= 11 is 0. The summed E-state index contributed by atoms with van der Waals surface area (Å²) in [7, 11) is 0. The van der Waals surface area contributed by atoms with Gasteiger partial charge in [0.15, 0.2) is 0 Å². The first kappa shape index (κ1) is 28.3. The van der Waals surface area contributed by atoms with Crippen LogP contribution in [0, 0.1) is 19.8 Å². The first-order valence-corrected chi connectivity index (χ1v) is 14.9. The van der Waals surface area contributed by atoms with Crippen molar-refractivity contribution in [1.82, 2.24) is 35.5 Å². The number of aromatic nitrogens is 6. The van der Waals surface area contributed by atoms with Crippen molar-refractivity contribution in [3.8, 4) is 16.9 Å². The molecule has 0 fully saturated rings. The van der Waals surface area contributed by atoms with Gasteiger partial charge in [0.05, 0.1) is 5.69 Å². The van der Waals surface area contributed by atoms with E-state index in [0.29, 0.717) is 11.6 Å². The zero-order valence-electron chi connectivity index (χ0n) is 24.7. The fraction of sp³-hybridized carbons (Fsp3) is 0.257. The highest BCUT2D eigenvalue weighted by Crippen LogP contribution is 2.33. The number of nitrogens with one attached hydrogen (secondary N) is 3. The second-order valence-electron chi connectivity index (χ2n) is 11.4. The fourth-order valence-electron chi connectivity index (χ4n) is 6.02. The van der Waals surface area contributed by atoms with Crippen LogP contribution in [-0.4, -0.2) is 43.3 Å². The lowest BCUT2D eigenvalue weighted by molar-refractivity contribution is 0.445. The minimum absolute atomic E-state index is 0.358. The van der Waals surface area contributed by atoms with Crippen LogP contribution in [0.4, 0.5) is 0 Å². The van der Waals surface area contributed by atoms with Crippen LogP contribution in [0.15, 0.2) is 96.1 Å². The summed E-state index contributed by atoms with van der Waals surface area (Å²) in [5, 5.41) is 14.9. The number of rotatable bonds is 12. The molecule has 3 aromatic carbocycles. The van der Waals surface area contributed by atoms with Crippen LogP contribution in [0.1, 0.15) is 34.2 Å². The summed E-state index contributed by atoms with van der Waals surface area (Å²) in [5.41, 5.74) is 9.96. The Morgan fingerprint density at radius 1 is 0.907 bits per heavy atom. The first-order valence-electron chi connectivity index (χ1n) is 14.9. The van der Waals surface area contributed by atoms with Crippen molar-refractivity contribution in [3.05, 3.63) is 130 Å². The minimum atomic E-state index is -0.358. The van der Waals surface area contributed by atoms with Crippen LogP contribution < -0.4 is 11.0 Å². The maximum Gasteiger partial charge on any atom is 0.365 e. The zero-order chi connectivity index (χ0) is 29.6. The van der Waals surface area contributed by atoms with Gasteiger partial charge in [-0.1, -0.05) is 53.6 Å². The van der Waals surface area contributed by atoms with Crippen LogP contribution in [0.3, 0.4) is 0 Å². The first-order chi connectivity index (χ1) is 21.0. The Labute approximate surface area is 251 Å². The summed E-state index contributed by atoms with van der Waals surface area (Å²) in [4.78, 5) is 20.2. The Kier molecular flexibility index (Phi) is 8.56. The standard InChI is InChI=1S/C35H37N7O/c1-24-17-25(2)19-29(18-24)34-31(32-21-30(12-13-33(32)38-34)42-35(43)39-40-41-42)14-16-37-23-28(20-26-7-4-3-5-8-26)11-10-27-9-6-15-36-22-27/h3-9,12-13,15,17-19,21-22,28,37-38H,10-11,14,16,20,23H2,1-2H3,(H,39,41,43). The summed E-state index contributed by atoms with van der Waals surface area (Å²) < 4.78 is 1.29. The van der Waals surface area contributed by atoms with Gasteiger partial charge < -0.3 is 10.3 Å². The molecular weight excluding hydrogens is 534 g/mol. The summed E-state index contributed by atoms with van der Waals surface area (Å²) in [6.45, 7) is 6.02. The summed E-state index contributed by atoms with van der Waals surface area (Å²) in [6, 6.07) is 27.5. The third-order valence-electron chi connectivity index (χ3n) is 8.03. The summed E-state index contributed by atoms with van der Waals surface area (Å²) in [6.07, 6.45) is 7.77. The number of fused-ring (bicyclic) bond motifs is 1. The molecule has 0 aliphatic carbocycles. The smallest absolute Gasteiger partial charge is 0.354 e. The molecule has 3 heterocycles. The monoisotopic (exact) mass is 571 g/mol. The Balaban J connectivity index is 1.24. The van der Waals surface area contributed by atoms with Crippen molar-refractivity contribution < 1.29 is 0 Å². The van der Waals surface area contributed by atoms with Crippen LogP contribution in [0.25, 0.3) is 27.8 Å². The van der Waals surface area contributed by atoms with E-state index in [0.717, 1.165) is 55.4 Å². The van der Waals surface area contributed by atoms with Crippen LogP contribution in [0.5, 0.6) is 0 Å². The molecule has 6 rings (SSSR count). The highest BCUT2D eigenvalue weighted by molar-refractivity contribution is 5.92. The topological polar surface area (TPSA) is 104 Å². The number of hydrogen-bond acceptors (Lipinski definition) is 5. The normalized spacial score (nSPS) is 12.1. The number of nitrogens with zero attached hydrogens (tertiary/aromatic N) is 4. The minimum Gasteiger partial charge on any atom is -0.354 e.